The summed E-state index contributed by atoms with van der Waals surface area (Å²) >= 11 is 0. The highest BCUT2D eigenvalue weighted by Gasteiger charge is 2.20. The van der Waals surface area contributed by atoms with Crippen LogP contribution in [0.5, 0.6) is 0 Å². The lowest BCUT2D eigenvalue weighted by Gasteiger charge is -2.09. The van der Waals surface area contributed by atoms with E-state index in [1.54, 1.807) is 6.92 Å². The summed E-state index contributed by atoms with van der Waals surface area (Å²) in [6.45, 7) is 1.65. The molecule has 1 unspecified atom stereocenters. The molecule has 7 heteroatoms. The number of anilines is 1. The van der Waals surface area contributed by atoms with Crippen LogP contribution in [0.4, 0.5) is 5.69 Å². The fourth-order valence-electron chi connectivity index (χ4n) is 1.19. The molecule has 3 N–H and O–H groups in total. The number of nitrogens with two attached hydrogens (primary N) is 1. The summed E-state index contributed by atoms with van der Waals surface area (Å²) < 4.78 is 5.82. The highest BCUT2D eigenvalue weighted by molar-refractivity contribution is 5.92. The molecule has 1 heterocycles. The Bertz CT molecular complexity index is 413. The Labute approximate surface area is 92.6 Å². The van der Waals surface area contributed by atoms with E-state index in [1.807, 2.05) is 0 Å². The number of amides is 1. The average molecular weight is 226 g/mol. The highest BCUT2D eigenvalue weighted by atomic mass is 16.5. The Kier molecular flexibility index (Phi) is 3.49. The quantitative estimate of drug-likeness (QED) is 0.680. The standard InChI is InChI=1S/C9H14N4O3/c1-5(8(14)11-2)13-4-6(10)7(12-13)9(15)16-3/h4-5H,10H2,1-3H3,(H,11,14). The van der Waals surface area contributed by atoms with Crippen LogP contribution >= 0.6 is 0 Å². The third kappa shape index (κ3) is 2.13. The van der Waals surface area contributed by atoms with Crippen molar-refractivity contribution in [2.24, 2.45) is 0 Å². The van der Waals surface area contributed by atoms with Gasteiger partial charge in [-0.05, 0) is 6.92 Å². The topological polar surface area (TPSA) is 99.2 Å². The number of carbonyl (C=O) groups is 2. The van der Waals surface area contributed by atoms with E-state index in [0.717, 1.165) is 0 Å². The fraction of sp³-hybridized carbons (Fsp3) is 0.444. The lowest BCUT2D eigenvalue weighted by atomic mass is 10.3. The summed E-state index contributed by atoms with van der Waals surface area (Å²) in [6, 6.07) is -0.536. The SMILES string of the molecule is CNC(=O)C(C)n1cc(N)c(C(=O)OC)n1. The van der Waals surface area contributed by atoms with Crippen molar-refractivity contribution >= 4 is 17.6 Å². The zero-order chi connectivity index (χ0) is 12.3. The summed E-state index contributed by atoms with van der Waals surface area (Å²) in [6.07, 6.45) is 1.42. The van der Waals surface area contributed by atoms with E-state index in [0.29, 0.717) is 0 Å². The van der Waals surface area contributed by atoms with Crippen molar-refractivity contribution in [1.29, 1.82) is 0 Å². The van der Waals surface area contributed by atoms with Crippen LogP contribution in [0.15, 0.2) is 6.20 Å². The van der Waals surface area contributed by atoms with Crippen molar-refractivity contribution in [2.75, 3.05) is 19.9 Å². The van der Waals surface area contributed by atoms with Crippen LogP contribution in [0.3, 0.4) is 0 Å². The third-order valence-electron chi connectivity index (χ3n) is 2.16. The first-order valence-corrected chi connectivity index (χ1v) is 4.65. The van der Waals surface area contributed by atoms with Gasteiger partial charge < -0.3 is 15.8 Å². The van der Waals surface area contributed by atoms with Crippen LogP contribution in [0.25, 0.3) is 0 Å². The molecule has 1 rings (SSSR count). The summed E-state index contributed by atoms with van der Waals surface area (Å²) in [7, 11) is 2.76. The number of hydrogen-bond acceptors (Lipinski definition) is 5. The maximum Gasteiger partial charge on any atom is 0.360 e. The van der Waals surface area contributed by atoms with Crippen molar-refractivity contribution in [2.45, 2.75) is 13.0 Å². The van der Waals surface area contributed by atoms with Gasteiger partial charge in [0.25, 0.3) is 0 Å². The van der Waals surface area contributed by atoms with Crippen LogP contribution in [-0.2, 0) is 9.53 Å². The lowest BCUT2D eigenvalue weighted by Crippen LogP contribution is -2.28. The molecular weight excluding hydrogens is 212 g/mol. The molecule has 0 aliphatic heterocycles. The first-order valence-electron chi connectivity index (χ1n) is 4.65. The van der Waals surface area contributed by atoms with Gasteiger partial charge in [-0.2, -0.15) is 5.10 Å². The first-order chi connectivity index (χ1) is 7.51. The van der Waals surface area contributed by atoms with Crippen molar-refractivity contribution < 1.29 is 14.3 Å². The van der Waals surface area contributed by atoms with Gasteiger partial charge in [-0.25, -0.2) is 4.79 Å². The molecule has 0 aliphatic carbocycles. The molecule has 1 aromatic heterocycles. The zero-order valence-corrected chi connectivity index (χ0v) is 9.35. The van der Waals surface area contributed by atoms with Gasteiger partial charge in [0, 0.05) is 13.2 Å². The predicted molar refractivity (Wildman–Crippen MR) is 56.8 cm³/mol. The molecule has 1 atom stereocenters. The van der Waals surface area contributed by atoms with Gasteiger partial charge in [0.15, 0.2) is 5.69 Å². The molecule has 1 amide bonds. The van der Waals surface area contributed by atoms with E-state index in [4.69, 9.17) is 5.73 Å². The van der Waals surface area contributed by atoms with Crippen LogP contribution < -0.4 is 11.1 Å². The molecule has 16 heavy (non-hydrogen) atoms. The number of ether oxygens (including phenoxy) is 1. The molecule has 88 valence electrons. The normalized spacial score (nSPS) is 11.9. The third-order valence-corrected chi connectivity index (χ3v) is 2.16. The number of methoxy groups -OCH3 is 1. The van der Waals surface area contributed by atoms with E-state index >= 15 is 0 Å². The van der Waals surface area contributed by atoms with Gasteiger partial charge >= 0.3 is 5.97 Å². The molecule has 0 saturated carbocycles. The van der Waals surface area contributed by atoms with Crippen LogP contribution in [-0.4, -0.2) is 35.8 Å². The van der Waals surface area contributed by atoms with E-state index in [2.05, 4.69) is 15.2 Å². The first kappa shape index (κ1) is 12.0. The number of esters is 1. The average Bonchev–Trinajstić information content (AvgIpc) is 2.68. The molecule has 0 spiro atoms. The molecule has 0 aromatic carbocycles. The second kappa shape index (κ2) is 4.65. The number of aromatic nitrogens is 2. The molecule has 0 radical (unpaired) electrons. The summed E-state index contributed by atoms with van der Waals surface area (Å²) in [4.78, 5) is 22.6. The Morgan fingerprint density at radius 1 is 1.62 bits per heavy atom. The number of carbonyl (C=O) groups excluding carboxylic acids is 2. The van der Waals surface area contributed by atoms with Gasteiger partial charge in [-0.3, -0.25) is 9.48 Å². The van der Waals surface area contributed by atoms with Crippen molar-refractivity contribution in [1.82, 2.24) is 15.1 Å². The molecule has 1 aromatic rings. The summed E-state index contributed by atoms with van der Waals surface area (Å²) in [5, 5.41) is 6.38. The molecule has 0 fully saturated rings. The zero-order valence-electron chi connectivity index (χ0n) is 9.35. The van der Waals surface area contributed by atoms with Gasteiger partial charge in [0.05, 0.1) is 12.8 Å². The minimum absolute atomic E-state index is 0.0123. The number of likely N-dealkylation sites (N-methyl/N-ethyl adjacent to an activating group) is 1. The molecule has 0 aliphatic rings. The fourth-order valence-corrected chi connectivity index (χ4v) is 1.19. The van der Waals surface area contributed by atoms with Crippen molar-refractivity contribution in [3.63, 3.8) is 0 Å². The molecule has 0 bridgehead atoms. The van der Waals surface area contributed by atoms with Gasteiger partial charge in [0.1, 0.15) is 6.04 Å². The van der Waals surface area contributed by atoms with Crippen molar-refractivity contribution in [3.8, 4) is 0 Å². The summed E-state index contributed by atoms with van der Waals surface area (Å²) in [5.41, 5.74) is 5.78. The number of rotatable bonds is 3. The minimum atomic E-state index is -0.625. The minimum Gasteiger partial charge on any atom is -0.464 e. The number of nitrogens with zero attached hydrogens (tertiary/aromatic N) is 2. The van der Waals surface area contributed by atoms with E-state index in [9.17, 15) is 9.59 Å². The second-order valence-corrected chi connectivity index (χ2v) is 3.19. The Balaban J connectivity index is 3.01. The van der Waals surface area contributed by atoms with E-state index < -0.39 is 12.0 Å². The molecule has 7 nitrogen and oxygen atoms in total. The van der Waals surface area contributed by atoms with E-state index in [1.165, 1.54) is 25.0 Å². The van der Waals surface area contributed by atoms with Gasteiger partial charge in [-0.1, -0.05) is 0 Å². The molecular formula is C9H14N4O3. The monoisotopic (exact) mass is 226 g/mol. The van der Waals surface area contributed by atoms with Crippen molar-refractivity contribution in [3.05, 3.63) is 11.9 Å². The van der Waals surface area contributed by atoms with Gasteiger partial charge in [-0.15, -0.1) is 0 Å². The number of nitrogen functional groups attached to an aromatic ring is 1. The van der Waals surface area contributed by atoms with Crippen LogP contribution in [0.1, 0.15) is 23.5 Å². The largest absolute Gasteiger partial charge is 0.464 e. The predicted octanol–water partition coefficient (Wildman–Crippen LogP) is -0.441. The maximum atomic E-state index is 11.3. The van der Waals surface area contributed by atoms with E-state index in [-0.39, 0.29) is 17.3 Å². The Hall–Kier alpha value is -2.05. The Morgan fingerprint density at radius 2 is 2.25 bits per heavy atom. The molecule has 0 saturated heterocycles. The number of nitrogens with one attached hydrogen (secondary N) is 1. The second-order valence-electron chi connectivity index (χ2n) is 3.19. The van der Waals surface area contributed by atoms with Gasteiger partial charge in [0.2, 0.25) is 5.91 Å². The Morgan fingerprint density at radius 3 is 2.75 bits per heavy atom. The highest BCUT2D eigenvalue weighted by Crippen LogP contribution is 2.14. The summed E-state index contributed by atoms with van der Waals surface area (Å²) in [5.74, 6) is -0.848. The lowest BCUT2D eigenvalue weighted by molar-refractivity contribution is -0.123. The smallest absolute Gasteiger partial charge is 0.360 e. The number of hydrogen-bond donors (Lipinski definition) is 2. The van der Waals surface area contributed by atoms with Crippen LogP contribution in [0, 0.1) is 0 Å². The maximum absolute atomic E-state index is 11.3. The van der Waals surface area contributed by atoms with Crippen LogP contribution in [0.2, 0.25) is 0 Å².